The molecule has 10 heteroatoms. The van der Waals surface area contributed by atoms with E-state index in [0.717, 1.165) is 27.9 Å². The molecule has 3 aromatic rings. The Morgan fingerprint density at radius 2 is 1.97 bits per heavy atom. The van der Waals surface area contributed by atoms with Gasteiger partial charge in [-0.15, -0.1) is 11.8 Å². The zero-order chi connectivity index (χ0) is 26.7. The number of nitrogens with one attached hydrogen (secondary N) is 1. The highest BCUT2D eigenvalue weighted by molar-refractivity contribution is 8.25. The van der Waals surface area contributed by atoms with Gasteiger partial charge in [0.1, 0.15) is 5.69 Å². The van der Waals surface area contributed by atoms with Crippen LogP contribution >= 0.6 is 46.7 Å². The van der Waals surface area contributed by atoms with Crippen LogP contribution in [0.25, 0.3) is 11.1 Å². The number of thioether (sulfide) groups is 2. The summed E-state index contributed by atoms with van der Waals surface area (Å²) < 4.78 is 6.92. The maximum absolute atomic E-state index is 13.6. The average Bonchev–Trinajstić information content (AvgIpc) is 3.41. The summed E-state index contributed by atoms with van der Waals surface area (Å²) in [5, 5.41) is 9.88. The first kappa shape index (κ1) is 28.0. The molecule has 1 aliphatic rings. The van der Waals surface area contributed by atoms with E-state index >= 15 is 0 Å². The first-order valence-electron chi connectivity index (χ1n) is 12.0. The second-order valence-electron chi connectivity index (χ2n) is 9.04. The summed E-state index contributed by atoms with van der Waals surface area (Å²) in [6.07, 6.45) is 0. The number of aryl methyl sites for hydroxylation is 2. The summed E-state index contributed by atoms with van der Waals surface area (Å²) in [6.45, 7) is 9.10. The van der Waals surface area contributed by atoms with Crippen molar-refractivity contribution in [2.75, 3.05) is 20.3 Å². The van der Waals surface area contributed by atoms with E-state index in [4.69, 9.17) is 38.0 Å². The third kappa shape index (κ3) is 6.37. The fraction of sp³-hybridized carbons (Fsp3) is 0.370. The van der Waals surface area contributed by atoms with Crippen LogP contribution in [0, 0.1) is 13.8 Å². The number of carbonyl (C=O) groups is 1. The van der Waals surface area contributed by atoms with E-state index in [1.807, 2.05) is 55.9 Å². The zero-order valence-electron chi connectivity index (χ0n) is 21.4. The minimum Gasteiger partial charge on any atom is -0.383 e. The van der Waals surface area contributed by atoms with Gasteiger partial charge in [0.25, 0.3) is 5.91 Å². The van der Waals surface area contributed by atoms with Gasteiger partial charge in [0.05, 0.1) is 33.0 Å². The van der Waals surface area contributed by atoms with Crippen molar-refractivity contribution in [3.8, 4) is 11.1 Å². The van der Waals surface area contributed by atoms with Crippen molar-refractivity contribution >= 4 is 57.8 Å². The molecule has 1 aromatic heterocycles. The Balaban J connectivity index is 1.82. The molecule has 4 rings (SSSR count). The Labute approximate surface area is 236 Å². The summed E-state index contributed by atoms with van der Waals surface area (Å²) in [5.74, 6) is -0.219. The Hall–Kier alpha value is -1.97. The fourth-order valence-electron chi connectivity index (χ4n) is 4.15. The molecule has 0 saturated heterocycles. The van der Waals surface area contributed by atoms with Gasteiger partial charge in [-0.3, -0.25) is 9.79 Å². The smallest absolute Gasteiger partial charge is 0.270 e. The van der Waals surface area contributed by atoms with Crippen molar-refractivity contribution in [2.24, 2.45) is 4.99 Å². The van der Waals surface area contributed by atoms with Crippen LogP contribution in [0.1, 0.15) is 47.2 Å². The summed E-state index contributed by atoms with van der Waals surface area (Å²) in [6, 6.07) is 13.6. The fourth-order valence-corrected chi connectivity index (χ4v) is 7.47. The highest BCUT2D eigenvalue weighted by atomic mass is 35.5. The molecule has 0 bridgehead atoms. The molecule has 1 amide bonds. The van der Waals surface area contributed by atoms with E-state index in [1.54, 1.807) is 29.6 Å². The molecule has 0 fully saturated rings. The highest BCUT2D eigenvalue weighted by Gasteiger charge is 2.36. The van der Waals surface area contributed by atoms with Crippen LogP contribution in [0.2, 0.25) is 10.0 Å². The number of halogens is 2. The van der Waals surface area contributed by atoms with Gasteiger partial charge in [-0.1, -0.05) is 84.7 Å². The number of hydrogen-bond acceptors (Lipinski definition) is 6. The number of ether oxygens (including phenoxy) is 1. The minimum absolute atomic E-state index is 0.0866. The number of carbonyl (C=O) groups excluding carboxylic acids is 1. The normalized spacial score (nSPS) is 17.4. The summed E-state index contributed by atoms with van der Waals surface area (Å²) in [4.78, 5) is 18.6. The lowest BCUT2D eigenvalue weighted by Gasteiger charge is -2.19. The molecule has 0 saturated carbocycles. The molecule has 196 valence electrons. The van der Waals surface area contributed by atoms with Gasteiger partial charge < -0.3 is 10.1 Å². The largest absolute Gasteiger partial charge is 0.383 e. The maximum Gasteiger partial charge on any atom is 0.270 e. The molecular formula is C27H30Cl2N4O2S2. The summed E-state index contributed by atoms with van der Waals surface area (Å²) in [7, 11) is 1.61. The van der Waals surface area contributed by atoms with Gasteiger partial charge in [-0.2, -0.15) is 5.10 Å². The molecule has 0 aliphatic carbocycles. The first-order chi connectivity index (χ1) is 17.7. The second-order valence-corrected chi connectivity index (χ2v) is 13.0. The number of benzene rings is 2. The molecular weight excluding hydrogens is 547 g/mol. The van der Waals surface area contributed by atoms with Crippen LogP contribution in [-0.2, 0) is 4.74 Å². The van der Waals surface area contributed by atoms with E-state index in [0.29, 0.717) is 39.3 Å². The van der Waals surface area contributed by atoms with Crippen LogP contribution in [0.15, 0.2) is 47.5 Å². The molecule has 2 heterocycles. The van der Waals surface area contributed by atoms with Gasteiger partial charge in [0, 0.05) is 24.5 Å². The molecule has 0 spiro atoms. The molecule has 1 N–H and O–H groups in total. The van der Waals surface area contributed by atoms with E-state index in [9.17, 15) is 4.79 Å². The molecule has 6 nitrogen and oxygen atoms in total. The summed E-state index contributed by atoms with van der Waals surface area (Å²) >= 11 is 16.0. The van der Waals surface area contributed by atoms with Gasteiger partial charge in [0.15, 0.2) is 5.17 Å². The lowest BCUT2D eigenvalue weighted by atomic mass is 10.0. The van der Waals surface area contributed by atoms with E-state index in [-0.39, 0.29) is 16.5 Å². The van der Waals surface area contributed by atoms with Gasteiger partial charge in [-0.25, -0.2) is 4.68 Å². The van der Waals surface area contributed by atoms with Crippen LogP contribution in [-0.4, -0.2) is 50.9 Å². The van der Waals surface area contributed by atoms with Gasteiger partial charge >= 0.3 is 0 Å². The van der Waals surface area contributed by atoms with Crippen molar-refractivity contribution in [1.82, 2.24) is 15.1 Å². The lowest BCUT2D eigenvalue weighted by molar-refractivity contribution is 0.0931. The number of aromatic nitrogens is 2. The highest BCUT2D eigenvalue weighted by Crippen LogP contribution is 2.47. The lowest BCUT2D eigenvalue weighted by Crippen LogP contribution is -2.30. The molecule has 2 aromatic carbocycles. The number of amides is 1. The molecule has 2 atom stereocenters. The zero-order valence-corrected chi connectivity index (χ0v) is 24.6. The van der Waals surface area contributed by atoms with Crippen LogP contribution in [0.3, 0.4) is 0 Å². The van der Waals surface area contributed by atoms with E-state index < -0.39 is 0 Å². The third-order valence-corrected chi connectivity index (χ3v) is 9.19. The van der Waals surface area contributed by atoms with Gasteiger partial charge in [0.2, 0.25) is 0 Å². The number of aliphatic imine (C=N–C) groups is 1. The van der Waals surface area contributed by atoms with Crippen molar-refractivity contribution in [2.45, 2.75) is 43.6 Å². The average molecular weight is 578 g/mol. The monoisotopic (exact) mass is 576 g/mol. The molecule has 2 unspecified atom stereocenters. The minimum atomic E-state index is -0.219. The van der Waals surface area contributed by atoms with E-state index in [1.165, 1.54) is 0 Å². The predicted octanol–water partition coefficient (Wildman–Crippen LogP) is 7.01. The third-order valence-electron chi connectivity index (χ3n) is 5.78. The van der Waals surface area contributed by atoms with Crippen molar-refractivity contribution < 1.29 is 9.53 Å². The first-order valence-corrected chi connectivity index (χ1v) is 14.6. The molecule has 1 aliphatic heterocycles. The van der Waals surface area contributed by atoms with Crippen molar-refractivity contribution in [3.05, 3.63) is 75.0 Å². The van der Waals surface area contributed by atoms with Crippen LogP contribution in [0.4, 0.5) is 0 Å². The Morgan fingerprint density at radius 1 is 1.19 bits per heavy atom. The van der Waals surface area contributed by atoms with Gasteiger partial charge in [-0.05, 0) is 37.1 Å². The topological polar surface area (TPSA) is 68.5 Å². The van der Waals surface area contributed by atoms with Crippen molar-refractivity contribution in [1.29, 1.82) is 0 Å². The Kier molecular flexibility index (Phi) is 9.29. The maximum atomic E-state index is 13.6. The number of nitrogens with zero attached hydrogens (tertiary/aromatic N) is 3. The standard InChI is InChI=1S/C27H30Cl2N4O2S2/c1-15(2)36-26-23(19-9-10-20(28)21(29)14-19)31-27(37-26)33-24(25(34)30-11-12-35-5)22(17(4)32-33)18-8-6-7-16(3)13-18/h6-10,13-15,23,26H,11-12H2,1-5H3,(H,30,34). The molecule has 37 heavy (non-hydrogen) atoms. The Bertz CT molecular complexity index is 1330. The number of hydrogen-bond donors (Lipinski definition) is 1. The van der Waals surface area contributed by atoms with Crippen molar-refractivity contribution in [3.63, 3.8) is 0 Å². The predicted molar refractivity (Wildman–Crippen MR) is 157 cm³/mol. The number of methoxy groups -OCH3 is 1. The SMILES string of the molecule is COCCNC(=O)c1c(-c2cccc(C)c2)c(C)nn1C1=NC(c2ccc(Cl)c(Cl)c2)C(SC(C)C)S1. The molecule has 0 radical (unpaired) electrons. The Morgan fingerprint density at radius 3 is 2.65 bits per heavy atom. The second kappa shape index (κ2) is 12.3. The van der Waals surface area contributed by atoms with E-state index in [2.05, 4.69) is 25.2 Å². The van der Waals surface area contributed by atoms with Crippen LogP contribution in [0.5, 0.6) is 0 Å². The number of rotatable bonds is 8. The quantitative estimate of drug-likeness (QED) is 0.292. The summed E-state index contributed by atoms with van der Waals surface area (Å²) in [5.41, 5.74) is 5.05. The van der Waals surface area contributed by atoms with Crippen LogP contribution < -0.4 is 5.32 Å².